The first-order chi connectivity index (χ1) is 9.72. The van der Waals surface area contributed by atoms with Crippen molar-refractivity contribution < 1.29 is 0 Å². The van der Waals surface area contributed by atoms with Gasteiger partial charge in [-0.05, 0) is 18.6 Å². The fourth-order valence-corrected chi connectivity index (χ4v) is 2.47. The van der Waals surface area contributed by atoms with Gasteiger partial charge in [0.1, 0.15) is 12.2 Å². The largest absolute Gasteiger partial charge is 0.329 e. The first kappa shape index (κ1) is 12.7. The van der Waals surface area contributed by atoms with Crippen LogP contribution < -0.4 is 5.69 Å². The van der Waals surface area contributed by atoms with Gasteiger partial charge in [-0.3, -0.25) is 9.13 Å². The number of para-hydroxylation sites is 2. The van der Waals surface area contributed by atoms with Crippen LogP contribution in [0.1, 0.15) is 19.2 Å². The lowest BCUT2D eigenvalue weighted by Crippen LogP contribution is -2.24. The molecule has 0 bridgehead atoms. The first-order valence-corrected chi connectivity index (χ1v) is 6.73. The van der Waals surface area contributed by atoms with Crippen molar-refractivity contribution in [3.63, 3.8) is 0 Å². The molecule has 2 aromatic heterocycles. The second-order valence-electron chi connectivity index (χ2n) is 4.82. The van der Waals surface area contributed by atoms with E-state index in [0.717, 1.165) is 29.8 Å². The minimum absolute atomic E-state index is 0.0303. The van der Waals surface area contributed by atoms with E-state index in [1.807, 2.05) is 28.9 Å². The highest BCUT2D eigenvalue weighted by atomic mass is 16.1. The maximum absolute atomic E-state index is 12.4. The van der Waals surface area contributed by atoms with Crippen molar-refractivity contribution in [3.05, 3.63) is 46.9 Å². The Labute approximate surface area is 116 Å². The number of nitrogens with zero attached hydrogens (tertiary/aromatic N) is 5. The molecule has 0 spiro atoms. The van der Waals surface area contributed by atoms with Gasteiger partial charge < -0.3 is 0 Å². The molecule has 0 fully saturated rings. The third-order valence-corrected chi connectivity index (χ3v) is 3.48. The van der Waals surface area contributed by atoms with Crippen LogP contribution in [0.4, 0.5) is 0 Å². The summed E-state index contributed by atoms with van der Waals surface area (Å²) in [7, 11) is 1.79. The molecule has 6 heteroatoms. The summed E-state index contributed by atoms with van der Waals surface area (Å²) < 4.78 is 5.26. The lowest BCUT2D eigenvalue weighted by molar-refractivity contribution is 0.551. The smallest absolute Gasteiger partial charge is 0.295 e. The molecular weight excluding hydrogens is 254 g/mol. The minimum Gasteiger partial charge on any atom is -0.295 e. The minimum atomic E-state index is -0.0303. The molecule has 0 aliphatic carbocycles. The zero-order valence-corrected chi connectivity index (χ0v) is 11.7. The molecule has 0 unspecified atom stereocenters. The lowest BCUT2D eigenvalue weighted by Gasteiger charge is -2.05. The standard InChI is InChI=1S/C14H17N5O/c1-3-8-19-13(15-10-16-19)9-18-12-7-5-4-6-11(12)17(2)14(18)20/h4-7,10H,3,8-9H2,1-2H3. The SMILES string of the molecule is CCCn1ncnc1Cn1c(=O)n(C)c2ccccc21. The Morgan fingerprint density at radius 3 is 2.70 bits per heavy atom. The third kappa shape index (κ3) is 1.93. The number of hydrogen-bond donors (Lipinski definition) is 0. The second-order valence-corrected chi connectivity index (χ2v) is 4.82. The molecule has 0 saturated heterocycles. The number of aromatic nitrogens is 5. The van der Waals surface area contributed by atoms with Crippen molar-refractivity contribution in [1.82, 2.24) is 23.9 Å². The van der Waals surface area contributed by atoms with Crippen LogP contribution >= 0.6 is 0 Å². The van der Waals surface area contributed by atoms with E-state index < -0.39 is 0 Å². The molecule has 104 valence electrons. The van der Waals surface area contributed by atoms with Crippen LogP contribution in [0.25, 0.3) is 11.0 Å². The fraction of sp³-hybridized carbons (Fsp3) is 0.357. The predicted octanol–water partition coefficient (Wildman–Crippen LogP) is 1.39. The summed E-state index contributed by atoms with van der Waals surface area (Å²) in [5.41, 5.74) is 1.82. The topological polar surface area (TPSA) is 57.6 Å². The van der Waals surface area contributed by atoms with Crippen molar-refractivity contribution in [1.29, 1.82) is 0 Å². The second kappa shape index (κ2) is 4.96. The monoisotopic (exact) mass is 271 g/mol. The van der Waals surface area contributed by atoms with E-state index in [1.54, 1.807) is 22.5 Å². The zero-order chi connectivity index (χ0) is 14.1. The molecule has 3 rings (SSSR count). The highest BCUT2D eigenvalue weighted by Crippen LogP contribution is 2.12. The van der Waals surface area contributed by atoms with E-state index in [-0.39, 0.29) is 5.69 Å². The molecule has 0 radical (unpaired) electrons. The highest BCUT2D eigenvalue weighted by molar-refractivity contribution is 5.75. The van der Waals surface area contributed by atoms with Gasteiger partial charge in [-0.2, -0.15) is 5.10 Å². The molecule has 0 aliphatic heterocycles. The van der Waals surface area contributed by atoms with Crippen LogP contribution in [-0.4, -0.2) is 23.9 Å². The molecule has 0 atom stereocenters. The highest BCUT2D eigenvalue weighted by Gasteiger charge is 2.12. The number of rotatable bonds is 4. The fourth-order valence-electron chi connectivity index (χ4n) is 2.47. The molecule has 6 nitrogen and oxygen atoms in total. The van der Waals surface area contributed by atoms with Crippen molar-refractivity contribution in [2.75, 3.05) is 0 Å². The predicted molar refractivity (Wildman–Crippen MR) is 76.6 cm³/mol. The van der Waals surface area contributed by atoms with E-state index in [2.05, 4.69) is 17.0 Å². The molecule has 0 N–H and O–H groups in total. The Hall–Kier alpha value is -2.37. The van der Waals surface area contributed by atoms with Gasteiger partial charge in [0.2, 0.25) is 0 Å². The van der Waals surface area contributed by atoms with Gasteiger partial charge in [0.15, 0.2) is 0 Å². The average Bonchev–Trinajstić information content (AvgIpc) is 2.99. The summed E-state index contributed by atoms with van der Waals surface area (Å²) in [6.45, 7) is 3.35. The van der Waals surface area contributed by atoms with E-state index in [1.165, 1.54) is 0 Å². The van der Waals surface area contributed by atoms with Crippen LogP contribution in [0.2, 0.25) is 0 Å². The van der Waals surface area contributed by atoms with E-state index in [9.17, 15) is 4.79 Å². The van der Waals surface area contributed by atoms with Crippen LogP contribution in [0, 0.1) is 0 Å². The van der Waals surface area contributed by atoms with Crippen LogP contribution in [0.3, 0.4) is 0 Å². The van der Waals surface area contributed by atoms with Gasteiger partial charge in [0.05, 0.1) is 17.6 Å². The summed E-state index contributed by atoms with van der Waals surface area (Å²) in [5, 5.41) is 4.20. The van der Waals surface area contributed by atoms with Crippen LogP contribution in [0.5, 0.6) is 0 Å². The number of hydrogen-bond acceptors (Lipinski definition) is 3. The number of imidazole rings is 1. The summed E-state index contributed by atoms with van der Waals surface area (Å²) in [5.74, 6) is 0.810. The van der Waals surface area contributed by atoms with Crippen molar-refractivity contribution in [3.8, 4) is 0 Å². The Morgan fingerprint density at radius 2 is 1.95 bits per heavy atom. The Morgan fingerprint density at radius 1 is 1.20 bits per heavy atom. The van der Waals surface area contributed by atoms with Gasteiger partial charge in [0.25, 0.3) is 0 Å². The Kier molecular flexibility index (Phi) is 3.14. The maximum Gasteiger partial charge on any atom is 0.329 e. The molecule has 0 saturated carbocycles. The summed E-state index contributed by atoms with van der Waals surface area (Å²) >= 11 is 0. The van der Waals surface area contributed by atoms with Crippen molar-refractivity contribution in [2.24, 2.45) is 7.05 Å². The van der Waals surface area contributed by atoms with Gasteiger partial charge in [-0.1, -0.05) is 19.1 Å². The van der Waals surface area contributed by atoms with Gasteiger partial charge >= 0.3 is 5.69 Å². The maximum atomic E-state index is 12.4. The molecule has 3 aromatic rings. The zero-order valence-electron chi connectivity index (χ0n) is 11.7. The lowest BCUT2D eigenvalue weighted by atomic mass is 10.3. The quantitative estimate of drug-likeness (QED) is 0.720. The first-order valence-electron chi connectivity index (χ1n) is 6.73. The summed E-state index contributed by atoms with van der Waals surface area (Å²) in [4.78, 5) is 16.6. The molecule has 1 aromatic carbocycles. The normalized spacial score (nSPS) is 11.3. The third-order valence-electron chi connectivity index (χ3n) is 3.48. The van der Waals surface area contributed by atoms with Crippen molar-refractivity contribution >= 4 is 11.0 Å². The van der Waals surface area contributed by atoms with E-state index >= 15 is 0 Å². The number of fused-ring (bicyclic) bond motifs is 1. The molecule has 0 amide bonds. The van der Waals surface area contributed by atoms with Gasteiger partial charge in [0, 0.05) is 13.6 Å². The Bertz CT molecular complexity index is 795. The van der Waals surface area contributed by atoms with E-state index in [4.69, 9.17) is 0 Å². The summed E-state index contributed by atoms with van der Waals surface area (Å²) in [6.07, 6.45) is 2.53. The molecule has 2 heterocycles. The van der Waals surface area contributed by atoms with Crippen molar-refractivity contribution in [2.45, 2.75) is 26.4 Å². The average molecular weight is 271 g/mol. The number of aryl methyl sites for hydroxylation is 2. The summed E-state index contributed by atoms with van der Waals surface area (Å²) in [6, 6.07) is 7.78. The van der Waals surface area contributed by atoms with Crippen LogP contribution in [0.15, 0.2) is 35.4 Å². The Balaban J connectivity index is 2.09. The molecule has 0 aliphatic rings. The van der Waals surface area contributed by atoms with E-state index in [0.29, 0.717) is 6.54 Å². The number of benzene rings is 1. The van der Waals surface area contributed by atoms with Gasteiger partial charge in [-0.15, -0.1) is 0 Å². The van der Waals surface area contributed by atoms with Crippen LogP contribution in [-0.2, 0) is 20.1 Å². The van der Waals surface area contributed by atoms with Gasteiger partial charge in [-0.25, -0.2) is 14.5 Å². The molecule has 20 heavy (non-hydrogen) atoms. The molecular formula is C14H17N5O.